The standard InChI is InChI=1S/C13H24N2O3/c1-6-11(17)15-12(9(4)5)13(18)14-7-10(16)8(2)3/h8-9,12H,6-7H2,1-5H3,(H,14,18)(H,15,17). The fourth-order valence-corrected chi connectivity index (χ4v) is 1.30. The molecule has 0 aliphatic rings. The highest BCUT2D eigenvalue weighted by Crippen LogP contribution is 2.02. The van der Waals surface area contributed by atoms with Crippen LogP contribution >= 0.6 is 0 Å². The Kier molecular flexibility index (Phi) is 7.24. The van der Waals surface area contributed by atoms with E-state index in [-0.39, 0.29) is 36.0 Å². The maximum atomic E-state index is 11.9. The third-order valence-electron chi connectivity index (χ3n) is 2.67. The second-order valence-corrected chi connectivity index (χ2v) is 4.98. The zero-order valence-corrected chi connectivity index (χ0v) is 11.9. The van der Waals surface area contributed by atoms with Gasteiger partial charge in [0, 0.05) is 12.3 Å². The molecule has 0 aromatic carbocycles. The van der Waals surface area contributed by atoms with E-state index >= 15 is 0 Å². The van der Waals surface area contributed by atoms with Gasteiger partial charge in [0.15, 0.2) is 5.78 Å². The first-order valence-corrected chi connectivity index (χ1v) is 6.39. The van der Waals surface area contributed by atoms with E-state index in [1.54, 1.807) is 20.8 Å². The monoisotopic (exact) mass is 256 g/mol. The molecule has 5 nitrogen and oxygen atoms in total. The second-order valence-electron chi connectivity index (χ2n) is 4.98. The Morgan fingerprint density at radius 1 is 1.06 bits per heavy atom. The molecule has 0 fully saturated rings. The van der Waals surface area contributed by atoms with Crippen LogP contribution in [0.25, 0.3) is 0 Å². The Morgan fingerprint density at radius 2 is 1.61 bits per heavy atom. The van der Waals surface area contributed by atoms with Gasteiger partial charge in [0.2, 0.25) is 11.8 Å². The molecule has 0 saturated heterocycles. The zero-order chi connectivity index (χ0) is 14.3. The summed E-state index contributed by atoms with van der Waals surface area (Å²) in [6.07, 6.45) is 0.335. The Morgan fingerprint density at radius 3 is 2.00 bits per heavy atom. The molecule has 1 atom stereocenters. The number of amides is 2. The van der Waals surface area contributed by atoms with E-state index in [0.29, 0.717) is 6.42 Å². The van der Waals surface area contributed by atoms with Crippen LogP contribution in [0.5, 0.6) is 0 Å². The first kappa shape index (κ1) is 16.6. The van der Waals surface area contributed by atoms with Gasteiger partial charge in [0.05, 0.1) is 6.54 Å². The van der Waals surface area contributed by atoms with E-state index in [9.17, 15) is 14.4 Å². The predicted octanol–water partition coefficient (Wildman–Crippen LogP) is 0.878. The topological polar surface area (TPSA) is 75.3 Å². The summed E-state index contributed by atoms with van der Waals surface area (Å²) in [7, 11) is 0. The van der Waals surface area contributed by atoms with Crippen LogP contribution in [0.4, 0.5) is 0 Å². The lowest BCUT2D eigenvalue weighted by atomic mass is 10.0. The van der Waals surface area contributed by atoms with Gasteiger partial charge in [-0.25, -0.2) is 0 Å². The van der Waals surface area contributed by atoms with Crippen LogP contribution in [-0.4, -0.2) is 30.2 Å². The van der Waals surface area contributed by atoms with Crippen molar-refractivity contribution in [2.45, 2.75) is 47.1 Å². The molecule has 0 rings (SSSR count). The molecule has 0 aromatic rings. The van der Waals surface area contributed by atoms with E-state index in [1.807, 2.05) is 13.8 Å². The fourth-order valence-electron chi connectivity index (χ4n) is 1.30. The average Bonchev–Trinajstić information content (AvgIpc) is 2.31. The molecule has 0 radical (unpaired) electrons. The van der Waals surface area contributed by atoms with Crippen molar-refractivity contribution in [1.82, 2.24) is 10.6 Å². The molecule has 0 aliphatic heterocycles. The molecule has 1 unspecified atom stereocenters. The molecule has 0 heterocycles. The molecule has 0 bridgehead atoms. The molecule has 18 heavy (non-hydrogen) atoms. The summed E-state index contributed by atoms with van der Waals surface area (Å²) < 4.78 is 0. The van der Waals surface area contributed by atoms with Crippen molar-refractivity contribution in [3.8, 4) is 0 Å². The highest BCUT2D eigenvalue weighted by Gasteiger charge is 2.24. The minimum atomic E-state index is -0.586. The SMILES string of the molecule is CCC(=O)NC(C(=O)NCC(=O)C(C)C)C(C)C. The smallest absolute Gasteiger partial charge is 0.243 e. The molecule has 2 amide bonds. The van der Waals surface area contributed by atoms with Crippen LogP contribution in [0.3, 0.4) is 0 Å². The highest BCUT2D eigenvalue weighted by atomic mass is 16.2. The van der Waals surface area contributed by atoms with Crippen LogP contribution in [0.1, 0.15) is 41.0 Å². The summed E-state index contributed by atoms with van der Waals surface area (Å²) in [5, 5.41) is 5.23. The van der Waals surface area contributed by atoms with Crippen molar-refractivity contribution in [3.05, 3.63) is 0 Å². The van der Waals surface area contributed by atoms with Gasteiger partial charge in [-0.2, -0.15) is 0 Å². The summed E-state index contributed by atoms with van der Waals surface area (Å²) in [4.78, 5) is 34.6. The summed E-state index contributed by atoms with van der Waals surface area (Å²) >= 11 is 0. The van der Waals surface area contributed by atoms with Gasteiger partial charge >= 0.3 is 0 Å². The average molecular weight is 256 g/mol. The van der Waals surface area contributed by atoms with Gasteiger partial charge in [-0.05, 0) is 5.92 Å². The third kappa shape index (κ3) is 5.80. The molecular weight excluding hydrogens is 232 g/mol. The molecule has 2 N–H and O–H groups in total. The number of nitrogens with one attached hydrogen (secondary N) is 2. The van der Waals surface area contributed by atoms with Crippen molar-refractivity contribution in [2.75, 3.05) is 6.54 Å². The fraction of sp³-hybridized carbons (Fsp3) is 0.769. The largest absolute Gasteiger partial charge is 0.347 e. The maximum Gasteiger partial charge on any atom is 0.243 e. The Balaban J connectivity index is 4.40. The summed E-state index contributed by atoms with van der Waals surface area (Å²) in [6, 6.07) is -0.586. The number of carbonyl (C=O) groups excluding carboxylic acids is 3. The highest BCUT2D eigenvalue weighted by molar-refractivity contribution is 5.91. The number of carbonyl (C=O) groups is 3. The number of hydrogen-bond acceptors (Lipinski definition) is 3. The van der Waals surface area contributed by atoms with Gasteiger partial charge in [-0.15, -0.1) is 0 Å². The maximum absolute atomic E-state index is 11.9. The van der Waals surface area contributed by atoms with E-state index < -0.39 is 6.04 Å². The predicted molar refractivity (Wildman–Crippen MR) is 69.9 cm³/mol. The number of Topliss-reactive ketones (excluding diaryl/α,β-unsaturated/α-hetero) is 1. The van der Waals surface area contributed by atoms with Crippen molar-refractivity contribution in [3.63, 3.8) is 0 Å². The molecule has 104 valence electrons. The quantitative estimate of drug-likeness (QED) is 0.710. The van der Waals surface area contributed by atoms with Crippen molar-refractivity contribution in [1.29, 1.82) is 0 Å². The summed E-state index contributed by atoms with van der Waals surface area (Å²) in [5.41, 5.74) is 0. The van der Waals surface area contributed by atoms with Crippen LogP contribution in [0.15, 0.2) is 0 Å². The van der Waals surface area contributed by atoms with Crippen LogP contribution in [-0.2, 0) is 14.4 Å². The number of rotatable bonds is 7. The van der Waals surface area contributed by atoms with Crippen molar-refractivity contribution < 1.29 is 14.4 Å². The minimum absolute atomic E-state index is 0.0156. The molecule has 5 heteroatoms. The minimum Gasteiger partial charge on any atom is -0.347 e. The normalized spacial score (nSPS) is 12.4. The molecule has 0 aliphatic carbocycles. The van der Waals surface area contributed by atoms with Gasteiger partial charge < -0.3 is 10.6 Å². The van der Waals surface area contributed by atoms with Gasteiger partial charge in [-0.3, -0.25) is 14.4 Å². The number of ketones is 1. The first-order chi connectivity index (χ1) is 8.29. The van der Waals surface area contributed by atoms with Crippen LogP contribution in [0, 0.1) is 11.8 Å². The van der Waals surface area contributed by atoms with E-state index in [4.69, 9.17) is 0 Å². The third-order valence-corrected chi connectivity index (χ3v) is 2.67. The lowest BCUT2D eigenvalue weighted by Gasteiger charge is -2.21. The Hall–Kier alpha value is -1.39. The Bertz CT molecular complexity index is 311. The van der Waals surface area contributed by atoms with E-state index in [0.717, 1.165) is 0 Å². The van der Waals surface area contributed by atoms with Crippen molar-refractivity contribution in [2.24, 2.45) is 11.8 Å². The molecule has 0 spiro atoms. The molecule has 0 aromatic heterocycles. The van der Waals surface area contributed by atoms with Crippen LogP contribution < -0.4 is 10.6 Å². The summed E-state index contributed by atoms with van der Waals surface area (Å²) in [6.45, 7) is 9.02. The van der Waals surface area contributed by atoms with Gasteiger partial charge in [0.25, 0.3) is 0 Å². The molecular formula is C13H24N2O3. The van der Waals surface area contributed by atoms with Gasteiger partial charge in [-0.1, -0.05) is 34.6 Å². The lowest BCUT2D eigenvalue weighted by molar-refractivity contribution is -0.131. The van der Waals surface area contributed by atoms with E-state index in [2.05, 4.69) is 10.6 Å². The van der Waals surface area contributed by atoms with Crippen LogP contribution in [0.2, 0.25) is 0 Å². The second kappa shape index (κ2) is 7.84. The van der Waals surface area contributed by atoms with E-state index in [1.165, 1.54) is 0 Å². The molecule has 0 saturated carbocycles. The Labute approximate surface area is 109 Å². The summed E-state index contributed by atoms with van der Waals surface area (Å²) in [5.74, 6) is -0.616. The first-order valence-electron chi connectivity index (χ1n) is 6.39. The lowest BCUT2D eigenvalue weighted by Crippen LogP contribution is -2.50. The number of hydrogen-bond donors (Lipinski definition) is 2. The zero-order valence-electron chi connectivity index (χ0n) is 11.9. The van der Waals surface area contributed by atoms with Crippen molar-refractivity contribution >= 4 is 17.6 Å². The van der Waals surface area contributed by atoms with Gasteiger partial charge in [0.1, 0.15) is 6.04 Å².